The van der Waals surface area contributed by atoms with E-state index in [4.69, 9.17) is 0 Å². The molecule has 0 saturated carbocycles. The number of rotatable bonds is 10. The number of carbonyl (C=O) groups is 2. The molecule has 0 aromatic heterocycles. The van der Waals surface area contributed by atoms with Crippen LogP contribution in [0.25, 0.3) is 0 Å². The molecule has 0 unspecified atom stereocenters. The Kier molecular flexibility index (Phi) is 9.47. The van der Waals surface area contributed by atoms with Gasteiger partial charge in [-0.05, 0) is 61.6 Å². The summed E-state index contributed by atoms with van der Waals surface area (Å²) in [6.45, 7) is 1.99. The Labute approximate surface area is 201 Å². The van der Waals surface area contributed by atoms with Crippen molar-refractivity contribution in [1.29, 1.82) is 0 Å². The number of amides is 2. The maximum absolute atomic E-state index is 12.9. The third-order valence-corrected chi connectivity index (χ3v) is 7.75. The van der Waals surface area contributed by atoms with Crippen LogP contribution in [0.15, 0.2) is 53.4 Å². The first kappa shape index (κ1) is 25.7. The first-order chi connectivity index (χ1) is 16.4. The summed E-state index contributed by atoms with van der Waals surface area (Å²) >= 11 is 0. The van der Waals surface area contributed by atoms with Gasteiger partial charge >= 0.3 is 0 Å². The number of aryl methyl sites for hydroxylation is 1. The lowest BCUT2D eigenvalue weighted by Crippen LogP contribution is -2.31. The molecule has 1 heterocycles. The molecule has 1 aliphatic rings. The molecule has 0 radical (unpaired) electrons. The second-order valence-electron chi connectivity index (χ2n) is 8.47. The smallest absolute Gasteiger partial charge is 0.251 e. The van der Waals surface area contributed by atoms with Gasteiger partial charge in [-0.1, -0.05) is 31.0 Å². The van der Waals surface area contributed by atoms with Crippen molar-refractivity contribution in [3.05, 3.63) is 59.7 Å². The fourth-order valence-corrected chi connectivity index (χ4v) is 5.39. The highest BCUT2D eigenvalue weighted by molar-refractivity contribution is 7.89. The van der Waals surface area contributed by atoms with E-state index >= 15 is 0 Å². The Bertz CT molecular complexity index is 1060. The summed E-state index contributed by atoms with van der Waals surface area (Å²) in [5.41, 5.74) is 1.29. The summed E-state index contributed by atoms with van der Waals surface area (Å²) in [7, 11) is -3.47. The van der Waals surface area contributed by atoms with Gasteiger partial charge in [0.2, 0.25) is 15.9 Å². The average molecular weight is 488 g/mol. The zero-order valence-electron chi connectivity index (χ0n) is 19.3. The SMILES string of the molecule is O=C(CCc1ccc(S(=O)(=O)N2CCCCCC2)cc1)NCCCNC(=O)c1cccc(O)c1. The van der Waals surface area contributed by atoms with E-state index in [1.165, 1.54) is 12.1 Å². The summed E-state index contributed by atoms with van der Waals surface area (Å²) in [6.07, 6.45) is 5.34. The van der Waals surface area contributed by atoms with Crippen LogP contribution in [0.2, 0.25) is 0 Å². The maximum Gasteiger partial charge on any atom is 0.251 e. The van der Waals surface area contributed by atoms with Gasteiger partial charge in [-0.3, -0.25) is 9.59 Å². The quantitative estimate of drug-likeness (QED) is 0.446. The molecule has 34 heavy (non-hydrogen) atoms. The molecule has 1 fully saturated rings. The minimum atomic E-state index is -3.47. The van der Waals surface area contributed by atoms with Crippen molar-refractivity contribution in [2.45, 2.75) is 49.8 Å². The van der Waals surface area contributed by atoms with Gasteiger partial charge in [0.1, 0.15) is 5.75 Å². The molecule has 184 valence electrons. The van der Waals surface area contributed by atoms with Gasteiger partial charge in [0.25, 0.3) is 5.91 Å². The Morgan fingerprint density at radius 1 is 0.912 bits per heavy atom. The standard InChI is InChI=1S/C25H33N3O5S/c29-22-8-5-7-21(19-22)25(31)27-16-6-15-26-24(30)14-11-20-9-12-23(13-10-20)34(32,33)28-17-3-1-2-4-18-28/h5,7-10,12-13,19,29H,1-4,6,11,14-18H2,(H,26,30)(H,27,31). The number of aromatic hydroxyl groups is 1. The van der Waals surface area contributed by atoms with Crippen LogP contribution in [0.5, 0.6) is 5.75 Å². The van der Waals surface area contributed by atoms with E-state index in [1.54, 1.807) is 40.7 Å². The van der Waals surface area contributed by atoms with Gasteiger partial charge in [0.05, 0.1) is 4.90 Å². The zero-order chi connectivity index (χ0) is 24.4. The molecule has 2 amide bonds. The number of sulfonamides is 1. The Hall–Kier alpha value is -2.91. The highest BCUT2D eigenvalue weighted by Gasteiger charge is 2.24. The number of hydrogen-bond acceptors (Lipinski definition) is 5. The minimum Gasteiger partial charge on any atom is -0.508 e. The number of carbonyl (C=O) groups excluding carboxylic acids is 2. The number of hydrogen-bond donors (Lipinski definition) is 3. The van der Waals surface area contributed by atoms with Gasteiger partial charge in [-0.2, -0.15) is 4.31 Å². The Morgan fingerprint density at radius 3 is 2.26 bits per heavy atom. The Morgan fingerprint density at radius 2 is 1.59 bits per heavy atom. The van der Waals surface area contributed by atoms with E-state index < -0.39 is 10.0 Å². The first-order valence-corrected chi connectivity index (χ1v) is 13.2. The second kappa shape index (κ2) is 12.5. The second-order valence-corrected chi connectivity index (χ2v) is 10.4. The van der Waals surface area contributed by atoms with Gasteiger partial charge in [-0.15, -0.1) is 0 Å². The average Bonchev–Trinajstić information content (AvgIpc) is 3.13. The highest BCUT2D eigenvalue weighted by Crippen LogP contribution is 2.21. The van der Waals surface area contributed by atoms with Crippen LogP contribution in [0.1, 0.15) is 54.4 Å². The van der Waals surface area contributed by atoms with Crippen molar-refractivity contribution in [3.8, 4) is 5.75 Å². The molecule has 1 saturated heterocycles. The third-order valence-electron chi connectivity index (χ3n) is 5.84. The predicted molar refractivity (Wildman–Crippen MR) is 130 cm³/mol. The summed E-state index contributed by atoms with van der Waals surface area (Å²) in [5.74, 6) is -0.335. The monoisotopic (exact) mass is 487 g/mol. The van der Waals surface area contributed by atoms with Crippen molar-refractivity contribution < 1.29 is 23.1 Å². The number of nitrogens with one attached hydrogen (secondary N) is 2. The molecule has 9 heteroatoms. The third kappa shape index (κ3) is 7.56. The van der Waals surface area contributed by atoms with Crippen molar-refractivity contribution in [3.63, 3.8) is 0 Å². The minimum absolute atomic E-state index is 0.0357. The van der Waals surface area contributed by atoms with Gasteiger partial charge in [0, 0.05) is 38.2 Å². The van der Waals surface area contributed by atoms with Gasteiger partial charge in [0.15, 0.2) is 0 Å². The van der Waals surface area contributed by atoms with Gasteiger partial charge < -0.3 is 15.7 Å². The molecular weight excluding hydrogens is 454 g/mol. The van der Waals surface area contributed by atoms with E-state index in [9.17, 15) is 23.1 Å². The normalized spacial score (nSPS) is 14.8. The van der Waals surface area contributed by atoms with Crippen LogP contribution in [0, 0.1) is 0 Å². The zero-order valence-corrected chi connectivity index (χ0v) is 20.1. The first-order valence-electron chi connectivity index (χ1n) is 11.8. The van der Waals surface area contributed by atoms with Crippen molar-refractivity contribution in [1.82, 2.24) is 14.9 Å². The van der Waals surface area contributed by atoms with Crippen LogP contribution in [-0.4, -0.2) is 55.8 Å². The molecule has 0 aliphatic carbocycles. The van der Waals surface area contributed by atoms with E-state index in [2.05, 4.69) is 10.6 Å². The number of benzene rings is 2. The number of phenols is 1. The predicted octanol–water partition coefficient (Wildman–Crippen LogP) is 2.83. The molecule has 0 spiro atoms. The topological polar surface area (TPSA) is 116 Å². The molecule has 0 atom stereocenters. The summed E-state index contributed by atoms with van der Waals surface area (Å²) < 4.78 is 27.3. The molecule has 3 N–H and O–H groups in total. The van der Waals surface area contributed by atoms with Crippen LogP contribution in [0.3, 0.4) is 0 Å². The Balaban J connectivity index is 1.36. The summed E-state index contributed by atoms with van der Waals surface area (Å²) in [4.78, 5) is 24.4. The summed E-state index contributed by atoms with van der Waals surface area (Å²) in [6, 6.07) is 12.9. The molecule has 8 nitrogen and oxygen atoms in total. The fraction of sp³-hybridized carbons (Fsp3) is 0.440. The molecule has 2 aromatic carbocycles. The maximum atomic E-state index is 12.9. The van der Waals surface area contributed by atoms with Crippen molar-refractivity contribution >= 4 is 21.8 Å². The number of phenolic OH excluding ortho intramolecular Hbond substituents is 1. The van der Waals surface area contributed by atoms with E-state index in [1.807, 2.05) is 0 Å². The van der Waals surface area contributed by atoms with Crippen molar-refractivity contribution in [2.24, 2.45) is 0 Å². The largest absolute Gasteiger partial charge is 0.508 e. The van der Waals surface area contributed by atoms with Crippen LogP contribution >= 0.6 is 0 Å². The highest BCUT2D eigenvalue weighted by atomic mass is 32.2. The number of nitrogens with zero attached hydrogens (tertiary/aromatic N) is 1. The lowest BCUT2D eigenvalue weighted by Gasteiger charge is -2.20. The van der Waals surface area contributed by atoms with E-state index in [0.29, 0.717) is 55.9 Å². The summed E-state index contributed by atoms with van der Waals surface area (Å²) in [5, 5.41) is 15.0. The molecule has 1 aliphatic heterocycles. The molecule has 0 bridgehead atoms. The van der Waals surface area contributed by atoms with E-state index in [0.717, 1.165) is 31.2 Å². The fourth-order valence-electron chi connectivity index (χ4n) is 3.87. The molecule has 2 aromatic rings. The van der Waals surface area contributed by atoms with Crippen molar-refractivity contribution in [2.75, 3.05) is 26.2 Å². The van der Waals surface area contributed by atoms with Crippen LogP contribution in [0.4, 0.5) is 0 Å². The van der Waals surface area contributed by atoms with E-state index in [-0.39, 0.29) is 17.6 Å². The lowest BCUT2D eigenvalue weighted by atomic mass is 10.1. The lowest BCUT2D eigenvalue weighted by molar-refractivity contribution is -0.121. The van der Waals surface area contributed by atoms with Crippen LogP contribution in [-0.2, 0) is 21.2 Å². The van der Waals surface area contributed by atoms with Gasteiger partial charge in [-0.25, -0.2) is 8.42 Å². The molecular formula is C25H33N3O5S. The van der Waals surface area contributed by atoms with Crippen LogP contribution < -0.4 is 10.6 Å². The molecule has 3 rings (SSSR count).